The lowest BCUT2D eigenvalue weighted by molar-refractivity contribution is -0.115. The number of benzene rings is 1. The Balaban J connectivity index is 1.56. The van der Waals surface area contributed by atoms with Crippen LogP contribution in [0.25, 0.3) is 0 Å². The number of carbonyl (C=O) groups excluding carboxylic acids is 1. The van der Waals surface area contributed by atoms with Gasteiger partial charge in [0.15, 0.2) is 5.16 Å². The van der Waals surface area contributed by atoms with Gasteiger partial charge in [-0.15, -0.1) is 10.2 Å². The number of hydrogen-bond acceptors (Lipinski definition) is 6. The molecule has 1 fully saturated rings. The number of hydrogen-bond donors (Lipinski definition) is 1. The first-order valence-electron chi connectivity index (χ1n) is 12.5. The van der Waals surface area contributed by atoms with Crippen LogP contribution in [0.3, 0.4) is 0 Å². The molecular formula is C27H37N5O2S. The van der Waals surface area contributed by atoms with E-state index in [1.54, 1.807) is 6.26 Å². The standard InChI is InChI=1S/C27H37N5O2S/c1-17(2)23-11-7-9-20(5)24(23)28-25(33)21(6)35-27-30-29-26(31-14-18(3)13-19(4)15-31)32(27)16-22-10-8-12-34-22/h7-12,17-19,21H,13-16H2,1-6H3,(H,28,33). The van der Waals surface area contributed by atoms with Gasteiger partial charge in [-0.25, -0.2) is 0 Å². The molecule has 1 aliphatic heterocycles. The van der Waals surface area contributed by atoms with Crippen LogP contribution in [0.2, 0.25) is 0 Å². The molecule has 3 atom stereocenters. The molecular weight excluding hydrogens is 458 g/mol. The summed E-state index contributed by atoms with van der Waals surface area (Å²) in [5, 5.41) is 12.7. The summed E-state index contributed by atoms with van der Waals surface area (Å²) < 4.78 is 7.73. The Kier molecular flexibility index (Phi) is 7.89. The second-order valence-corrected chi connectivity index (χ2v) is 11.6. The van der Waals surface area contributed by atoms with Crippen molar-refractivity contribution in [1.29, 1.82) is 0 Å². The zero-order valence-corrected chi connectivity index (χ0v) is 22.4. The third-order valence-corrected chi connectivity index (χ3v) is 7.65. The number of aromatic nitrogens is 3. The number of carbonyl (C=O) groups is 1. The van der Waals surface area contributed by atoms with E-state index in [1.165, 1.54) is 18.2 Å². The Morgan fingerprint density at radius 1 is 1.14 bits per heavy atom. The Bertz CT molecular complexity index is 1130. The van der Waals surface area contributed by atoms with E-state index in [9.17, 15) is 4.79 Å². The van der Waals surface area contributed by atoms with Gasteiger partial charge in [-0.3, -0.25) is 9.36 Å². The van der Waals surface area contributed by atoms with Crippen LogP contribution in [0.1, 0.15) is 63.8 Å². The van der Waals surface area contributed by atoms with E-state index < -0.39 is 0 Å². The van der Waals surface area contributed by atoms with E-state index in [0.29, 0.717) is 24.3 Å². The van der Waals surface area contributed by atoms with Crippen LogP contribution in [-0.4, -0.2) is 39.0 Å². The average molecular weight is 496 g/mol. The van der Waals surface area contributed by atoms with Gasteiger partial charge >= 0.3 is 0 Å². The number of piperidine rings is 1. The van der Waals surface area contributed by atoms with Crippen LogP contribution in [-0.2, 0) is 11.3 Å². The van der Waals surface area contributed by atoms with Crippen molar-refractivity contribution >= 4 is 29.3 Å². The lowest BCUT2D eigenvalue weighted by atomic mass is 9.92. The van der Waals surface area contributed by atoms with E-state index in [4.69, 9.17) is 4.42 Å². The van der Waals surface area contributed by atoms with Gasteiger partial charge in [0, 0.05) is 18.8 Å². The predicted octanol–water partition coefficient (Wildman–Crippen LogP) is 5.95. The highest BCUT2D eigenvalue weighted by molar-refractivity contribution is 8.00. The fraction of sp³-hybridized carbons (Fsp3) is 0.519. The van der Waals surface area contributed by atoms with E-state index in [0.717, 1.165) is 46.8 Å². The Morgan fingerprint density at radius 3 is 2.54 bits per heavy atom. The lowest BCUT2D eigenvalue weighted by Crippen LogP contribution is -2.40. The summed E-state index contributed by atoms with van der Waals surface area (Å²) in [4.78, 5) is 15.6. The number of amides is 1. The first-order valence-corrected chi connectivity index (χ1v) is 13.4. The van der Waals surface area contributed by atoms with Gasteiger partial charge in [-0.2, -0.15) is 0 Å². The Morgan fingerprint density at radius 2 is 1.89 bits per heavy atom. The predicted molar refractivity (Wildman–Crippen MR) is 142 cm³/mol. The zero-order valence-electron chi connectivity index (χ0n) is 21.6. The fourth-order valence-electron chi connectivity index (χ4n) is 4.90. The summed E-state index contributed by atoms with van der Waals surface area (Å²) in [6.07, 6.45) is 2.90. The first kappa shape index (κ1) is 25.4. The summed E-state index contributed by atoms with van der Waals surface area (Å²) in [5.41, 5.74) is 3.12. The van der Waals surface area contributed by atoms with Crippen LogP contribution in [0.4, 0.5) is 11.6 Å². The SMILES string of the molecule is Cc1cccc(C(C)C)c1NC(=O)C(C)Sc1nnc(N2CC(C)CC(C)C2)n1Cc1ccco1. The quantitative estimate of drug-likeness (QED) is 0.389. The van der Waals surface area contributed by atoms with Gasteiger partial charge in [0.05, 0.1) is 18.1 Å². The summed E-state index contributed by atoms with van der Waals surface area (Å²) in [6, 6.07) is 10.0. The molecule has 3 aromatic rings. The average Bonchev–Trinajstić information content (AvgIpc) is 3.45. The molecule has 188 valence electrons. The summed E-state index contributed by atoms with van der Waals surface area (Å²) >= 11 is 1.43. The molecule has 1 saturated heterocycles. The number of para-hydroxylation sites is 1. The number of nitrogens with one attached hydrogen (secondary N) is 1. The molecule has 1 aliphatic rings. The highest BCUT2D eigenvalue weighted by atomic mass is 32.2. The molecule has 3 unspecified atom stereocenters. The van der Waals surface area contributed by atoms with Crippen molar-refractivity contribution < 1.29 is 9.21 Å². The summed E-state index contributed by atoms with van der Waals surface area (Å²) in [6.45, 7) is 15.2. The van der Waals surface area contributed by atoms with Crippen molar-refractivity contribution in [2.45, 2.75) is 70.8 Å². The van der Waals surface area contributed by atoms with Crippen LogP contribution in [0, 0.1) is 18.8 Å². The molecule has 1 aromatic carbocycles. The van der Waals surface area contributed by atoms with Gasteiger partial charge in [0.1, 0.15) is 5.76 Å². The van der Waals surface area contributed by atoms with Crippen LogP contribution >= 0.6 is 11.8 Å². The summed E-state index contributed by atoms with van der Waals surface area (Å²) in [7, 11) is 0. The molecule has 7 nitrogen and oxygen atoms in total. The van der Waals surface area contributed by atoms with E-state index in [2.05, 4.69) is 58.7 Å². The number of nitrogens with zero attached hydrogens (tertiary/aromatic N) is 4. The molecule has 4 rings (SSSR count). The Hall–Kier alpha value is -2.74. The summed E-state index contributed by atoms with van der Waals surface area (Å²) in [5.74, 6) is 3.15. The van der Waals surface area contributed by atoms with Crippen LogP contribution in [0.15, 0.2) is 46.2 Å². The number of rotatable bonds is 8. The van der Waals surface area contributed by atoms with Crippen molar-refractivity contribution in [3.63, 3.8) is 0 Å². The molecule has 3 heterocycles. The lowest BCUT2D eigenvalue weighted by Gasteiger charge is -2.35. The van der Waals surface area contributed by atoms with Gasteiger partial charge in [0.2, 0.25) is 11.9 Å². The van der Waals surface area contributed by atoms with Crippen molar-refractivity contribution in [1.82, 2.24) is 14.8 Å². The largest absolute Gasteiger partial charge is 0.467 e. The third-order valence-electron chi connectivity index (χ3n) is 6.57. The normalized spacial score (nSPS) is 19.2. The van der Waals surface area contributed by atoms with Gasteiger partial charge < -0.3 is 14.6 Å². The minimum atomic E-state index is -0.346. The second kappa shape index (κ2) is 10.9. The fourth-order valence-corrected chi connectivity index (χ4v) is 5.75. The number of anilines is 2. The molecule has 8 heteroatoms. The third kappa shape index (κ3) is 5.92. The Labute approximate surface area is 212 Å². The maximum absolute atomic E-state index is 13.2. The molecule has 1 amide bonds. The highest BCUT2D eigenvalue weighted by Crippen LogP contribution is 2.32. The number of thioether (sulfide) groups is 1. The van der Waals surface area contributed by atoms with E-state index >= 15 is 0 Å². The van der Waals surface area contributed by atoms with Gasteiger partial charge in [-0.05, 0) is 61.3 Å². The zero-order chi connectivity index (χ0) is 25.1. The minimum absolute atomic E-state index is 0.0412. The molecule has 0 saturated carbocycles. The van der Waals surface area contributed by atoms with Crippen molar-refractivity contribution in [2.75, 3.05) is 23.3 Å². The van der Waals surface area contributed by atoms with E-state index in [-0.39, 0.29) is 11.2 Å². The molecule has 0 spiro atoms. The van der Waals surface area contributed by atoms with Gasteiger partial charge in [-0.1, -0.05) is 57.7 Å². The number of furan rings is 1. The molecule has 1 N–H and O–H groups in total. The first-order chi connectivity index (χ1) is 16.7. The second-order valence-electron chi connectivity index (χ2n) is 10.2. The van der Waals surface area contributed by atoms with Crippen molar-refractivity contribution in [2.24, 2.45) is 11.8 Å². The van der Waals surface area contributed by atoms with Crippen molar-refractivity contribution in [3.8, 4) is 0 Å². The molecule has 35 heavy (non-hydrogen) atoms. The number of aryl methyl sites for hydroxylation is 1. The molecule has 0 aliphatic carbocycles. The van der Waals surface area contributed by atoms with Crippen molar-refractivity contribution in [3.05, 3.63) is 53.5 Å². The van der Waals surface area contributed by atoms with E-state index in [1.807, 2.05) is 38.1 Å². The smallest absolute Gasteiger partial charge is 0.237 e. The minimum Gasteiger partial charge on any atom is -0.467 e. The maximum Gasteiger partial charge on any atom is 0.237 e. The maximum atomic E-state index is 13.2. The monoisotopic (exact) mass is 495 g/mol. The topological polar surface area (TPSA) is 76.2 Å². The highest BCUT2D eigenvalue weighted by Gasteiger charge is 2.28. The van der Waals surface area contributed by atoms with Gasteiger partial charge in [0.25, 0.3) is 0 Å². The molecule has 2 aromatic heterocycles. The van der Waals surface area contributed by atoms with Crippen LogP contribution in [0.5, 0.6) is 0 Å². The molecule has 0 bridgehead atoms. The van der Waals surface area contributed by atoms with Crippen LogP contribution < -0.4 is 10.2 Å². The molecule has 0 radical (unpaired) electrons.